The van der Waals surface area contributed by atoms with Crippen molar-refractivity contribution in [3.63, 3.8) is 0 Å². The van der Waals surface area contributed by atoms with Gasteiger partial charge in [-0.15, -0.1) is 5.10 Å². The summed E-state index contributed by atoms with van der Waals surface area (Å²) in [4.78, 5) is 0. The number of rotatable bonds is 1. The molecule has 1 heterocycles. The number of nitrogens with zero attached hydrogens (tertiary/aromatic N) is 2. The summed E-state index contributed by atoms with van der Waals surface area (Å²) < 4.78 is 0. The minimum atomic E-state index is 0.154. The van der Waals surface area contributed by atoms with Crippen LogP contribution in [0.15, 0.2) is 42.6 Å². The first-order valence-corrected chi connectivity index (χ1v) is 3.94. The van der Waals surface area contributed by atoms with Crippen molar-refractivity contribution < 1.29 is 5.11 Å². The van der Waals surface area contributed by atoms with E-state index in [0.717, 1.165) is 5.56 Å². The topological polar surface area (TPSA) is 46.0 Å². The molecule has 3 nitrogen and oxygen atoms in total. The van der Waals surface area contributed by atoms with Gasteiger partial charge >= 0.3 is 0 Å². The zero-order valence-corrected chi connectivity index (χ0v) is 6.88. The minimum absolute atomic E-state index is 0.154. The molecule has 0 atom stereocenters. The third kappa shape index (κ3) is 1.49. The molecule has 2 aromatic rings. The molecule has 1 aromatic heterocycles. The summed E-state index contributed by atoms with van der Waals surface area (Å²) >= 11 is 0. The molecule has 3 heteroatoms. The molecule has 0 aliphatic carbocycles. The second-order valence-electron chi connectivity index (χ2n) is 2.63. The first-order chi connectivity index (χ1) is 6.38. The van der Waals surface area contributed by atoms with E-state index in [1.807, 2.05) is 30.3 Å². The van der Waals surface area contributed by atoms with Crippen molar-refractivity contribution in [1.29, 1.82) is 0 Å². The van der Waals surface area contributed by atoms with Gasteiger partial charge in [-0.3, -0.25) is 0 Å². The monoisotopic (exact) mass is 172 g/mol. The first-order valence-electron chi connectivity index (χ1n) is 3.94. The average Bonchev–Trinajstić information content (AvgIpc) is 2.20. The van der Waals surface area contributed by atoms with Crippen LogP contribution < -0.4 is 0 Å². The molecule has 0 saturated carbocycles. The van der Waals surface area contributed by atoms with Crippen molar-refractivity contribution in [2.75, 3.05) is 0 Å². The van der Waals surface area contributed by atoms with Crippen LogP contribution in [-0.4, -0.2) is 15.3 Å². The standard InChI is InChI=1S/C10H8N2O/c13-9-6-7-11-12-10(9)8-4-2-1-3-5-8/h1-7H,(H,11,13). The highest BCUT2D eigenvalue weighted by atomic mass is 16.3. The van der Waals surface area contributed by atoms with Crippen LogP contribution in [0, 0.1) is 0 Å². The molecular weight excluding hydrogens is 164 g/mol. The van der Waals surface area contributed by atoms with Gasteiger partial charge in [0.1, 0.15) is 11.4 Å². The maximum atomic E-state index is 9.46. The van der Waals surface area contributed by atoms with Crippen LogP contribution in [0.3, 0.4) is 0 Å². The zero-order chi connectivity index (χ0) is 9.10. The highest BCUT2D eigenvalue weighted by Crippen LogP contribution is 2.24. The maximum absolute atomic E-state index is 9.46. The van der Waals surface area contributed by atoms with Crippen LogP contribution in [0.1, 0.15) is 0 Å². The van der Waals surface area contributed by atoms with Crippen molar-refractivity contribution in [1.82, 2.24) is 10.2 Å². The number of hydrogen-bond donors (Lipinski definition) is 1. The Bertz CT molecular complexity index is 401. The fraction of sp³-hybridized carbons (Fsp3) is 0. The second-order valence-corrected chi connectivity index (χ2v) is 2.63. The molecule has 1 N–H and O–H groups in total. The zero-order valence-electron chi connectivity index (χ0n) is 6.88. The summed E-state index contributed by atoms with van der Waals surface area (Å²) in [6.07, 6.45) is 1.46. The summed E-state index contributed by atoms with van der Waals surface area (Å²) in [5.41, 5.74) is 1.39. The van der Waals surface area contributed by atoms with Gasteiger partial charge in [0.2, 0.25) is 0 Å². The average molecular weight is 172 g/mol. The van der Waals surface area contributed by atoms with E-state index in [1.54, 1.807) is 0 Å². The lowest BCUT2D eigenvalue weighted by Crippen LogP contribution is -1.86. The third-order valence-electron chi connectivity index (χ3n) is 1.75. The van der Waals surface area contributed by atoms with Crippen LogP contribution >= 0.6 is 0 Å². The molecular formula is C10H8N2O. The highest BCUT2D eigenvalue weighted by molar-refractivity contribution is 5.64. The van der Waals surface area contributed by atoms with Crippen molar-refractivity contribution in [3.05, 3.63) is 42.6 Å². The first kappa shape index (κ1) is 7.73. The van der Waals surface area contributed by atoms with Crippen molar-refractivity contribution in [2.45, 2.75) is 0 Å². The fourth-order valence-corrected chi connectivity index (χ4v) is 1.13. The van der Waals surface area contributed by atoms with Crippen LogP contribution in [0.4, 0.5) is 0 Å². The summed E-state index contributed by atoms with van der Waals surface area (Å²) in [6.45, 7) is 0. The van der Waals surface area contributed by atoms with Gasteiger partial charge in [-0.1, -0.05) is 30.3 Å². The Hall–Kier alpha value is -1.90. The predicted octanol–water partition coefficient (Wildman–Crippen LogP) is 1.85. The van der Waals surface area contributed by atoms with Gasteiger partial charge < -0.3 is 5.11 Å². The van der Waals surface area contributed by atoms with E-state index in [2.05, 4.69) is 10.2 Å². The predicted molar refractivity (Wildman–Crippen MR) is 49.1 cm³/mol. The van der Waals surface area contributed by atoms with Crippen molar-refractivity contribution in [2.24, 2.45) is 0 Å². The van der Waals surface area contributed by atoms with Crippen molar-refractivity contribution in [3.8, 4) is 17.0 Å². The van der Waals surface area contributed by atoms with Gasteiger partial charge in [-0.05, 0) is 0 Å². The number of aromatic hydroxyl groups is 1. The normalized spacial score (nSPS) is 9.85. The Balaban J connectivity index is 2.54. The molecule has 0 unspecified atom stereocenters. The molecule has 0 aliphatic heterocycles. The van der Waals surface area contributed by atoms with Crippen LogP contribution in [0.25, 0.3) is 11.3 Å². The Labute approximate surface area is 75.7 Å². The summed E-state index contributed by atoms with van der Waals surface area (Å²) in [6, 6.07) is 11.0. The number of aromatic nitrogens is 2. The molecule has 0 bridgehead atoms. The summed E-state index contributed by atoms with van der Waals surface area (Å²) in [5, 5.41) is 17.0. The molecule has 0 fully saturated rings. The van der Waals surface area contributed by atoms with Gasteiger partial charge in [0, 0.05) is 11.6 Å². The summed E-state index contributed by atoms with van der Waals surface area (Å²) in [7, 11) is 0. The van der Waals surface area contributed by atoms with E-state index in [-0.39, 0.29) is 5.75 Å². The van der Waals surface area contributed by atoms with Gasteiger partial charge in [0.25, 0.3) is 0 Å². The molecule has 1 aromatic carbocycles. The fourth-order valence-electron chi connectivity index (χ4n) is 1.13. The lowest BCUT2D eigenvalue weighted by atomic mass is 10.1. The third-order valence-corrected chi connectivity index (χ3v) is 1.75. The van der Waals surface area contributed by atoms with Gasteiger partial charge in [-0.2, -0.15) is 5.10 Å². The summed E-state index contributed by atoms with van der Waals surface area (Å²) in [5.74, 6) is 0.154. The molecule has 2 rings (SSSR count). The molecule has 13 heavy (non-hydrogen) atoms. The highest BCUT2D eigenvalue weighted by Gasteiger charge is 2.03. The molecule has 0 spiro atoms. The quantitative estimate of drug-likeness (QED) is 0.714. The van der Waals surface area contributed by atoms with Crippen LogP contribution in [0.2, 0.25) is 0 Å². The second kappa shape index (κ2) is 3.23. The Morgan fingerprint density at radius 2 is 1.77 bits per heavy atom. The lowest BCUT2D eigenvalue weighted by molar-refractivity contribution is 0.473. The Morgan fingerprint density at radius 3 is 2.46 bits per heavy atom. The van der Waals surface area contributed by atoms with E-state index in [4.69, 9.17) is 0 Å². The van der Waals surface area contributed by atoms with E-state index >= 15 is 0 Å². The SMILES string of the molecule is Oc1ccnnc1-c1ccccc1. The Kier molecular flexibility index (Phi) is 1.92. The molecule has 0 amide bonds. The van der Waals surface area contributed by atoms with E-state index in [1.165, 1.54) is 12.3 Å². The minimum Gasteiger partial charge on any atom is -0.506 e. The van der Waals surface area contributed by atoms with E-state index < -0.39 is 0 Å². The number of benzene rings is 1. The molecule has 64 valence electrons. The van der Waals surface area contributed by atoms with Crippen LogP contribution in [0.5, 0.6) is 5.75 Å². The lowest BCUT2D eigenvalue weighted by Gasteiger charge is -2.00. The van der Waals surface area contributed by atoms with Crippen LogP contribution in [-0.2, 0) is 0 Å². The van der Waals surface area contributed by atoms with Crippen molar-refractivity contribution >= 4 is 0 Å². The van der Waals surface area contributed by atoms with Gasteiger partial charge in [-0.25, -0.2) is 0 Å². The smallest absolute Gasteiger partial charge is 0.145 e. The van der Waals surface area contributed by atoms with Gasteiger partial charge in [0.15, 0.2) is 0 Å². The molecule has 0 aliphatic rings. The maximum Gasteiger partial charge on any atom is 0.145 e. The Morgan fingerprint density at radius 1 is 1.00 bits per heavy atom. The van der Waals surface area contributed by atoms with E-state index in [9.17, 15) is 5.11 Å². The van der Waals surface area contributed by atoms with Gasteiger partial charge in [0.05, 0.1) is 6.20 Å². The number of hydrogen-bond acceptors (Lipinski definition) is 3. The molecule has 0 radical (unpaired) electrons. The van der Waals surface area contributed by atoms with E-state index in [0.29, 0.717) is 5.69 Å². The molecule has 0 saturated heterocycles. The largest absolute Gasteiger partial charge is 0.506 e.